The van der Waals surface area contributed by atoms with Gasteiger partial charge >= 0.3 is 0 Å². The van der Waals surface area contributed by atoms with E-state index in [9.17, 15) is 18.7 Å². The Labute approximate surface area is 155 Å². The molecule has 0 unspecified atom stereocenters. The Bertz CT molecular complexity index is 901. The zero-order valence-electron chi connectivity index (χ0n) is 14.8. The van der Waals surface area contributed by atoms with E-state index in [0.29, 0.717) is 41.8 Å². The number of benzene rings is 1. The summed E-state index contributed by atoms with van der Waals surface area (Å²) < 4.78 is 29.2. The van der Waals surface area contributed by atoms with Gasteiger partial charge in [-0.25, -0.2) is 9.97 Å². The zero-order chi connectivity index (χ0) is 19.3. The van der Waals surface area contributed by atoms with Crippen molar-refractivity contribution in [3.63, 3.8) is 0 Å². The number of rotatable bonds is 3. The number of hydrogen-bond donors (Lipinski definition) is 2. The molecule has 6 nitrogen and oxygen atoms in total. The van der Waals surface area contributed by atoms with Crippen LogP contribution < -0.4 is 10.6 Å². The highest BCUT2D eigenvalue weighted by molar-refractivity contribution is 5.93. The maximum absolute atomic E-state index is 14.6. The highest BCUT2D eigenvalue weighted by atomic mass is 19.3. The Morgan fingerprint density at radius 1 is 1.30 bits per heavy atom. The molecule has 0 radical (unpaired) electrons. The van der Waals surface area contributed by atoms with Gasteiger partial charge in [-0.1, -0.05) is 12.1 Å². The standard InChI is InChI=1S/C19H20F2N4O2/c1-10-14(26)9-25(10)18-23-15(11-4-6-12(7-5-11)17(22)27)13-3-2-8-19(20,21)16(13)24-18/h4-7,10,14,26H,2-3,8-9H2,1H3,(H2,22,27)/t10-,14+/m0/s1. The van der Waals surface area contributed by atoms with Gasteiger partial charge in [0, 0.05) is 29.7 Å². The number of alkyl halides is 2. The van der Waals surface area contributed by atoms with Crippen LogP contribution in [-0.4, -0.2) is 39.7 Å². The molecule has 8 heteroatoms. The number of anilines is 1. The molecule has 1 aromatic heterocycles. The maximum Gasteiger partial charge on any atom is 0.290 e. The van der Waals surface area contributed by atoms with Gasteiger partial charge in [0.15, 0.2) is 0 Å². The fourth-order valence-electron chi connectivity index (χ4n) is 3.63. The van der Waals surface area contributed by atoms with Crippen molar-refractivity contribution in [1.82, 2.24) is 9.97 Å². The molecular formula is C19H20F2N4O2. The van der Waals surface area contributed by atoms with Crippen LogP contribution in [-0.2, 0) is 12.3 Å². The summed E-state index contributed by atoms with van der Waals surface area (Å²) in [5.74, 6) is -3.37. The van der Waals surface area contributed by atoms with Crippen molar-refractivity contribution >= 4 is 11.9 Å². The van der Waals surface area contributed by atoms with Crippen molar-refractivity contribution in [2.45, 2.75) is 44.3 Å². The lowest BCUT2D eigenvalue weighted by atomic mass is 9.89. The van der Waals surface area contributed by atoms with Crippen LogP contribution in [0.25, 0.3) is 11.3 Å². The average Bonchev–Trinajstić information content (AvgIpc) is 2.65. The summed E-state index contributed by atoms with van der Waals surface area (Å²) in [6, 6.07) is 6.21. The first-order chi connectivity index (χ1) is 12.8. The molecule has 4 rings (SSSR count). The van der Waals surface area contributed by atoms with Crippen LogP contribution >= 0.6 is 0 Å². The van der Waals surface area contributed by atoms with Gasteiger partial charge in [0.1, 0.15) is 5.69 Å². The minimum atomic E-state index is -3.01. The number of carbonyl (C=O) groups excluding carboxylic acids is 1. The van der Waals surface area contributed by atoms with Crippen LogP contribution in [0.5, 0.6) is 0 Å². The highest BCUT2D eigenvalue weighted by Gasteiger charge is 2.42. The number of aliphatic hydroxyl groups excluding tert-OH is 1. The minimum Gasteiger partial charge on any atom is -0.389 e. The maximum atomic E-state index is 14.6. The summed E-state index contributed by atoms with van der Waals surface area (Å²) in [7, 11) is 0. The zero-order valence-corrected chi connectivity index (χ0v) is 14.8. The molecule has 0 saturated carbocycles. The molecule has 1 fully saturated rings. The number of amides is 1. The number of nitrogens with zero attached hydrogens (tertiary/aromatic N) is 3. The van der Waals surface area contributed by atoms with Crippen molar-refractivity contribution in [3.05, 3.63) is 41.1 Å². The number of primary amides is 1. The number of halogens is 2. The number of nitrogens with two attached hydrogens (primary N) is 1. The molecule has 0 bridgehead atoms. The average molecular weight is 374 g/mol. The molecule has 1 aromatic carbocycles. The van der Waals surface area contributed by atoms with Crippen molar-refractivity contribution < 1.29 is 18.7 Å². The summed E-state index contributed by atoms with van der Waals surface area (Å²) in [5, 5.41) is 9.77. The van der Waals surface area contributed by atoms with E-state index in [-0.39, 0.29) is 24.1 Å². The highest BCUT2D eigenvalue weighted by Crippen LogP contribution is 2.43. The van der Waals surface area contributed by atoms with Gasteiger partial charge in [-0.3, -0.25) is 4.79 Å². The third-order valence-electron chi connectivity index (χ3n) is 5.39. The largest absolute Gasteiger partial charge is 0.389 e. The Kier molecular flexibility index (Phi) is 4.10. The third-order valence-corrected chi connectivity index (χ3v) is 5.39. The minimum absolute atomic E-state index is 0.196. The molecule has 2 aromatic rings. The second kappa shape index (κ2) is 6.23. The van der Waals surface area contributed by atoms with E-state index in [0.717, 1.165) is 0 Å². The monoisotopic (exact) mass is 374 g/mol. The summed E-state index contributed by atoms with van der Waals surface area (Å²) in [5.41, 5.74) is 6.89. The number of β-amino-alcohol motifs (C(OH)–C–C–N with tert-alkyl or cyclic N) is 1. The number of carbonyl (C=O) groups is 1. The molecule has 1 aliphatic carbocycles. The number of aromatic nitrogens is 2. The Balaban J connectivity index is 1.85. The SMILES string of the molecule is C[C@H]1[C@H](O)CN1c1nc(-c2ccc(C(N)=O)cc2)c2c(n1)C(F)(F)CCC2. The lowest BCUT2D eigenvalue weighted by molar-refractivity contribution is -0.0263. The molecule has 1 saturated heterocycles. The van der Waals surface area contributed by atoms with Crippen LogP contribution in [0.15, 0.2) is 24.3 Å². The smallest absolute Gasteiger partial charge is 0.290 e. The third kappa shape index (κ3) is 2.93. The van der Waals surface area contributed by atoms with Crippen molar-refractivity contribution in [2.24, 2.45) is 5.73 Å². The molecule has 0 spiro atoms. The van der Waals surface area contributed by atoms with Crippen molar-refractivity contribution in [2.75, 3.05) is 11.4 Å². The van der Waals surface area contributed by atoms with Gasteiger partial charge in [0.2, 0.25) is 11.9 Å². The number of hydrogen-bond acceptors (Lipinski definition) is 5. The van der Waals surface area contributed by atoms with Gasteiger partial charge in [-0.2, -0.15) is 8.78 Å². The van der Waals surface area contributed by atoms with E-state index >= 15 is 0 Å². The van der Waals surface area contributed by atoms with Crippen LogP contribution in [0.3, 0.4) is 0 Å². The Morgan fingerprint density at radius 3 is 2.59 bits per heavy atom. The van der Waals surface area contributed by atoms with E-state index in [1.54, 1.807) is 36.1 Å². The van der Waals surface area contributed by atoms with E-state index in [1.807, 2.05) is 0 Å². The van der Waals surface area contributed by atoms with Crippen LogP contribution in [0, 0.1) is 0 Å². The first-order valence-electron chi connectivity index (χ1n) is 8.92. The molecule has 3 N–H and O–H groups in total. The molecule has 2 heterocycles. The first kappa shape index (κ1) is 17.8. The van der Waals surface area contributed by atoms with Gasteiger partial charge in [-0.05, 0) is 31.9 Å². The predicted octanol–water partition coefficient (Wildman–Crippen LogP) is 2.24. The molecular weight excluding hydrogens is 354 g/mol. The summed E-state index contributed by atoms with van der Waals surface area (Å²) in [6.07, 6.45) is 0.0576. The molecule has 1 amide bonds. The van der Waals surface area contributed by atoms with E-state index in [2.05, 4.69) is 9.97 Å². The van der Waals surface area contributed by atoms with Crippen molar-refractivity contribution in [3.8, 4) is 11.3 Å². The predicted molar refractivity (Wildman–Crippen MR) is 95.6 cm³/mol. The Hall–Kier alpha value is -2.61. The lowest BCUT2D eigenvalue weighted by Gasteiger charge is -2.44. The van der Waals surface area contributed by atoms with Gasteiger partial charge in [-0.15, -0.1) is 0 Å². The van der Waals surface area contributed by atoms with E-state index in [4.69, 9.17) is 5.73 Å². The quantitative estimate of drug-likeness (QED) is 0.860. The van der Waals surface area contributed by atoms with Gasteiger partial charge < -0.3 is 15.7 Å². The lowest BCUT2D eigenvalue weighted by Crippen LogP contribution is -2.59. The van der Waals surface area contributed by atoms with E-state index in [1.165, 1.54) is 0 Å². The molecule has 1 aliphatic heterocycles. The number of fused-ring (bicyclic) bond motifs is 1. The molecule has 2 atom stereocenters. The first-order valence-corrected chi connectivity index (χ1v) is 8.92. The number of aliphatic hydroxyl groups is 1. The second-order valence-corrected chi connectivity index (χ2v) is 7.16. The summed E-state index contributed by atoms with van der Waals surface area (Å²) in [6.45, 7) is 2.11. The normalized spacial score (nSPS) is 23.5. The fraction of sp³-hybridized carbons (Fsp3) is 0.421. The topological polar surface area (TPSA) is 92.3 Å². The molecule has 2 aliphatic rings. The fourth-order valence-corrected chi connectivity index (χ4v) is 3.63. The molecule has 27 heavy (non-hydrogen) atoms. The summed E-state index contributed by atoms with van der Waals surface area (Å²) >= 11 is 0. The second-order valence-electron chi connectivity index (χ2n) is 7.16. The van der Waals surface area contributed by atoms with Crippen LogP contribution in [0.2, 0.25) is 0 Å². The van der Waals surface area contributed by atoms with Gasteiger partial charge in [0.05, 0.1) is 17.8 Å². The van der Waals surface area contributed by atoms with Gasteiger partial charge in [0.25, 0.3) is 5.92 Å². The van der Waals surface area contributed by atoms with Crippen LogP contribution in [0.4, 0.5) is 14.7 Å². The summed E-state index contributed by atoms with van der Waals surface area (Å²) in [4.78, 5) is 21.8. The van der Waals surface area contributed by atoms with E-state index < -0.39 is 17.9 Å². The Morgan fingerprint density at radius 2 is 2.00 bits per heavy atom. The molecule has 142 valence electrons. The van der Waals surface area contributed by atoms with Crippen LogP contribution in [0.1, 0.15) is 41.4 Å². The van der Waals surface area contributed by atoms with Crippen molar-refractivity contribution in [1.29, 1.82) is 0 Å².